The third-order valence-corrected chi connectivity index (χ3v) is 13.0. The summed E-state index contributed by atoms with van der Waals surface area (Å²) in [4.78, 5) is 4.66. The van der Waals surface area contributed by atoms with Crippen molar-refractivity contribution in [3.05, 3.63) is 218 Å². The first-order valence-electron chi connectivity index (χ1n) is 20.3. The molecular weight excluding hydrogens is 749 g/mol. The molecule has 3 nitrogen and oxygen atoms in total. The maximum absolute atomic E-state index is 6.22. The van der Waals surface area contributed by atoms with Crippen LogP contribution in [0.2, 0.25) is 0 Å². The summed E-state index contributed by atoms with van der Waals surface area (Å²) >= 11 is 1.89. The SMILES string of the molecule is c1ccc(N(c2ccccc2)c2ccc(-c3ccc4c(c3)c3ccccc3c3c5ccc(N(c6ccccc6)c6ccc7oc8ccccc8c7c6)cc5sc43)cc2)cc1. The summed E-state index contributed by atoms with van der Waals surface area (Å²) in [6.45, 7) is 0. The monoisotopic (exact) mass is 784 g/mol. The number of para-hydroxylation sites is 4. The first kappa shape index (κ1) is 34.4. The van der Waals surface area contributed by atoms with Gasteiger partial charge in [0.2, 0.25) is 0 Å². The van der Waals surface area contributed by atoms with Crippen LogP contribution in [0.5, 0.6) is 0 Å². The smallest absolute Gasteiger partial charge is 0.135 e. The second kappa shape index (κ2) is 14.0. The molecule has 0 radical (unpaired) electrons. The molecule has 0 unspecified atom stereocenters. The Balaban J connectivity index is 0.980. The molecule has 0 aliphatic rings. The number of thiophene rings is 1. The summed E-state index contributed by atoms with van der Waals surface area (Å²) in [7, 11) is 0. The van der Waals surface area contributed by atoms with E-state index >= 15 is 0 Å². The Morgan fingerprint density at radius 1 is 0.300 bits per heavy atom. The summed E-state index contributed by atoms with van der Waals surface area (Å²) in [6.07, 6.45) is 0. The van der Waals surface area contributed by atoms with E-state index < -0.39 is 0 Å². The van der Waals surface area contributed by atoms with Crippen molar-refractivity contribution < 1.29 is 4.42 Å². The van der Waals surface area contributed by atoms with Gasteiger partial charge in [0.25, 0.3) is 0 Å². The maximum atomic E-state index is 6.22. The van der Waals surface area contributed by atoms with E-state index in [1.165, 1.54) is 52.8 Å². The first-order chi connectivity index (χ1) is 29.7. The van der Waals surface area contributed by atoms with Crippen LogP contribution in [0.4, 0.5) is 34.1 Å². The van der Waals surface area contributed by atoms with E-state index in [1.807, 2.05) is 23.5 Å². The number of rotatable bonds is 7. The second-order valence-corrected chi connectivity index (χ2v) is 16.3. The number of furan rings is 1. The Labute approximate surface area is 351 Å². The second-order valence-electron chi connectivity index (χ2n) is 15.3. The number of nitrogens with zero attached hydrogens (tertiary/aromatic N) is 2. The molecule has 12 aromatic rings. The largest absolute Gasteiger partial charge is 0.456 e. The fourth-order valence-corrected chi connectivity index (χ4v) is 10.3. The minimum absolute atomic E-state index is 0.893. The molecule has 12 rings (SSSR count). The lowest BCUT2D eigenvalue weighted by Gasteiger charge is -2.25. The van der Waals surface area contributed by atoms with Crippen LogP contribution in [0.15, 0.2) is 223 Å². The van der Waals surface area contributed by atoms with Crippen LogP contribution < -0.4 is 9.80 Å². The maximum Gasteiger partial charge on any atom is 0.135 e. The molecule has 60 heavy (non-hydrogen) atoms. The third kappa shape index (κ3) is 5.65. The van der Waals surface area contributed by atoms with Crippen LogP contribution in [-0.4, -0.2) is 0 Å². The Morgan fingerprint density at radius 3 is 1.50 bits per heavy atom. The lowest BCUT2D eigenvalue weighted by Crippen LogP contribution is -2.09. The van der Waals surface area contributed by atoms with E-state index in [2.05, 4.69) is 216 Å². The van der Waals surface area contributed by atoms with Crippen molar-refractivity contribution in [1.82, 2.24) is 0 Å². The van der Waals surface area contributed by atoms with Gasteiger partial charge in [0.05, 0.1) is 0 Å². The molecule has 2 heterocycles. The zero-order valence-corrected chi connectivity index (χ0v) is 33.3. The van der Waals surface area contributed by atoms with Gasteiger partial charge in [-0.3, -0.25) is 0 Å². The topological polar surface area (TPSA) is 19.6 Å². The van der Waals surface area contributed by atoms with Crippen molar-refractivity contribution in [1.29, 1.82) is 0 Å². The van der Waals surface area contributed by atoms with Gasteiger partial charge in [-0.2, -0.15) is 0 Å². The van der Waals surface area contributed by atoms with Crippen molar-refractivity contribution in [2.75, 3.05) is 9.80 Å². The molecule has 0 spiro atoms. The van der Waals surface area contributed by atoms with Gasteiger partial charge in [0.1, 0.15) is 11.2 Å². The van der Waals surface area contributed by atoms with Crippen LogP contribution >= 0.6 is 11.3 Å². The molecule has 0 saturated carbocycles. The van der Waals surface area contributed by atoms with Crippen molar-refractivity contribution in [3.8, 4) is 11.1 Å². The van der Waals surface area contributed by atoms with Gasteiger partial charge < -0.3 is 14.2 Å². The fourth-order valence-electron chi connectivity index (χ4n) is 9.04. The summed E-state index contributed by atoms with van der Waals surface area (Å²) in [5.41, 5.74) is 10.9. The zero-order valence-electron chi connectivity index (χ0n) is 32.5. The Kier molecular flexibility index (Phi) is 8.03. The minimum Gasteiger partial charge on any atom is -0.456 e. The predicted octanol–water partition coefficient (Wildman–Crippen LogP) is 16.9. The molecule has 282 valence electrons. The molecule has 2 aromatic heterocycles. The van der Waals surface area contributed by atoms with E-state index in [0.717, 1.165) is 56.1 Å². The summed E-state index contributed by atoms with van der Waals surface area (Å²) in [6, 6.07) is 78.5. The van der Waals surface area contributed by atoms with Crippen molar-refractivity contribution in [2.24, 2.45) is 0 Å². The summed E-state index contributed by atoms with van der Waals surface area (Å²) in [5, 5.41) is 9.94. The molecule has 0 amide bonds. The van der Waals surface area contributed by atoms with E-state index in [1.54, 1.807) is 0 Å². The van der Waals surface area contributed by atoms with E-state index in [-0.39, 0.29) is 0 Å². The molecule has 0 bridgehead atoms. The van der Waals surface area contributed by atoms with Crippen molar-refractivity contribution >= 4 is 109 Å². The van der Waals surface area contributed by atoms with Crippen molar-refractivity contribution in [2.45, 2.75) is 0 Å². The molecule has 0 atom stereocenters. The molecule has 0 aliphatic heterocycles. The number of hydrogen-bond acceptors (Lipinski definition) is 4. The van der Waals surface area contributed by atoms with Gasteiger partial charge in [-0.15, -0.1) is 11.3 Å². The molecule has 0 N–H and O–H groups in total. The normalized spacial score (nSPS) is 11.7. The summed E-state index contributed by atoms with van der Waals surface area (Å²) in [5.74, 6) is 0. The van der Waals surface area contributed by atoms with Gasteiger partial charge in [0.15, 0.2) is 0 Å². The highest BCUT2D eigenvalue weighted by molar-refractivity contribution is 7.27. The minimum atomic E-state index is 0.893. The lowest BCUT2D eigenvalue weighted by atomic mass is 9.94. The van der Waals surface area contributed by atoms with Gasteiger partial charge in [0, 0.05) is 70.5 Å². The molecule has 0 aliphatic carbocycles. The van der Waals surface area contributed by atoms with Crippen LogP contribution in [-0.2, 0) is 0 Å². The van der Waals surface area contributed by atoms with Gasteiger partial charge in [-0.25, -0.2) is 0 Å². The highest BCUT2D eigenvalue weighted by atomic mass is 32.1. The summed E-state index contributed by atoms with van der Waals surface area (Å²) < 4.78 is 8.80. The van der Waals surface area contributed by atoms with E-state index in [0.29, 0.717) is 0 Å². The molecule has 4 heteroatoms. The third-order valence-electron chi connectivity index (χ3n) is 11.8. The molecule has 10 aromatic carbocycles. The number of fused-ring (bicyclic) bond motifs is 11. The molecular formula is C56H36N2OS. The zero-order chi connectivity index (χ0) is 39.6. The van der Waals surface area contributed by atoms with E-state index in [4.69, 9.17) is 4.42 Å². The van der Waals surface area contributed by atoms with Crippen LogP contribution in [0.1, 0.15) is 0 Å². The average Bonchev–Trinajstić information content (AvgIpc) is 3.89. The molecule has 0 fully saturated rings. The number of hydrogen-bond donors (Lipinski definition) is 0. The quantitative estimate of drug-likeness (QED) is 0.150. The first-order valence-corrected chi connectivity index (χ1v) is 21.1. The van der Waals surface area contributed by atoms with Gasteiger partial charge >= 0.3 is 0 Å². The highest BCUT2D eigenvalue weighted by Gasteiger charge is 2.20. The van der Waals surface area contributed by atoms with Gasteiger partial charge in [-0.05, 0) is 118 Å². The van der Waals surface area contributed by atoms with Gasteiger partial charge in [-0.1, -0.05) is 127 Å². The predicted molar refractivity (Wildman–Crippen MR) is 256 cm³/mol. The fraction of sp³-hybridized carbons (Fsp3) is 0. The lowest BCUT2D eigenvalue weighted by molar-refractivity contribution is 0.669. The highest BCUT2D eigenvalue weighted by Crippen LogP contribution is 2.47. The van der Waals surface area contributed by atoms with E-state index in [9.17, 15) is 0 Å². The number of benzene rings is 10. The standard InChI is InChI=1S/C56H36N2OS/c1-4-14-39(15-5-1)57(40-16-6-2-7-17-40)42-27-24-37(25-28-42)38-26-31-48-50(34-38)45-20-10-11-22-47(45)55-49-32-29-44(36-54(49)60-56(48)55)58(41-18-8-3-9-19-41)43-30-33-53-51(35-43)46-21-12-13-23-52(46)59-53/h1-36H. The Hall–Kier alpha value is -7.66. The molecule has 0 saturated heterocycles. The number of anilines is 6. The van der Waals surface area contributed by atoms with Crippen LogP contribution in [0.25, 0.3) is 74.8 Å². The Morgan fingerprint density at radius 2 is 0.800 bits per heavy atom. The average molecular weight is 785 g/mol. The van der Waals surface area contributed by atoms with Crippen LogP contribution in [0, 0.1) is 0 Å². The van der Waals surface area contributed by atoms with Crippen LogP contribution in [0.3, 0.4) is 0 Å². The Bertz CT molecular complexity index is 3500. The van der Waals surface area contributed by atoms with Crippen molar-refractivity contribution in [3.63, 3.8) is 0 Å².